The molecule has 0 aromatic heterocycles. The number of hydrogen-bond acceptors (Lipinski definition) is 4. The maximum Gasteiger partial charge on any atom is 0.482 e. The summed E-state index contributed by atoms with van der Waals surface area (Å²) < 4.78 is 357. The highest BCUT2D eigenvalue weighted by molar-refractivity contribution is 7.47. The molecule has 0 amide bonds. The van der Waals surface area contributed by atoms with E-state index in [1.165, 1.54) is 9.05 Å². The fraction of sp³-hybridized carbons (Fsp3) is 1.00. The van der Waals surface area contributed by atoms with Crippen molar-refractivity contribution >= 4 is 7.82 Å². The second-order valence-corrected chi connectivity index (χ2v) is 10.1. The molecule has 0 spiro atoms. The van der Waals surface area contributed by atoms with E-state index in [0.29, 0.717) is 0 Å². The summed E-state index contributed by atoms with van der Waals surface area (Å²) in [5.74, 6) is -64.7. The van der Waals surface area contributed by atoms with Crippen molar-refractivity contribution in [1.82, 2.24) is 6.15 Å². The van der Waals surface area contributed by atoms with Crippen LogP contribution in [0, 0.1) is 0 Å². The van der Waals surface area contributed by atoms with E-state index in [9.17, 15) is 119 Å². The van der Waals surface area contributed by atoms with Crippen molar-refractivity contribution in [2.75, 3.05) is 0 Å². The molecule has 0 aliphatic heterocycles. The molecule has 0 saturated heterocycles. The van der Waals surface area contributed by atoms with Crippen LogP contribution < -0.4 is 6.15 Å². The first-order chi connectivity index (χ1) is 19.8. The molecule has 0 heterocycles. The Balaban J connectivity index is 0. The fourth-order valence-electron chi connectivity index (χ4n) is 2.55. The number of halogens is 26. The molecule has 0 aliphatic rings. The van der Waals surface area contributed by atoms with Crippen molar-refractivity contribution in [2.45, 2.75) is 97.6 Å². The van der Waals surface area contributed by atoms with Crippen LogP contribution >= 0.6 is 7.82 Å². The molecular weight excluding hydrogens is 795 g/mol. The molecular formula is C16H12F26NO4P. The first-order valence-corrected chi connectivity index (χ1v) is 12.0. The average Bonchev–Trinajstić information content (AvgIpc) is 2.78. The quantitative estimate of drug-likeness (QED) is 0.120. The maximum atomic E-state index is 13.6. The predicted octanol–water partition coefficient (Wildman–Crippen LogP) is 10.2. The van der Waals surface area contributed by atoms with Gasteiger partial charge in [-0.3, -0.25) is 0 Å². The van der Waals surface area contributed by atoms with Gasteiger partial charge >= 0.3 is 79.8 Å². The van der Waals surface area contributed by atoms with Gasteiger partial charge in [-0.2, -0.15) is 114 Å². The summed E-state index contributed by atoms with van der Waals surface area (Å²) in [5.41, 5.74) is 0. The Morgan fingerprint density at radius 1 is 0.375 bits per heavy atom. The summed E-state index contributed by atoms with van der Waals surface area (Å²) in [4.78, 5) is 8.59. The molecule has 4 N–H and O–H groups in total. The third-order valence-electron chi connectivity index (χ3n) is 5.13. The molecule has 0 aromatic carbocycles. The zero-order chi connectivity index (χ0) is 38.7. The number of rotatable bonds is 16. The van der Waals surface area contributed by atoms with E-state index in [1.807, 2.05) is 0 Å². The molecule has 0 aliphatic carbocycles. The molecule has 0 atom stereocenters. The maximum absolute atomic E-state index is 13.6. The summed E-state index contributed by atoms with van der Waals surface area (Å²) in [6.45, 7) is 0. The Labute approximate surface area is 245 Å². The average molecular weight is 807 g/mol. The highest BCUT2D eigenvalue weighted by Crippen LogP contribution is 2.65. The van der Waals surface area contributed by atoms with Crippen molar-refractivity contribution in [3.63, 3.8) is 0 Å². The molecule has 0 aromatic rings. The molecule has 292 valence electrons. The number of hydrogen-bond donors (Lipinski definition) is 2. The minimum Gasteiger partial charge on any atom is -0.344 e. The van der Waals surface area contributed by atoms with E-state index in [1.54, 1.807) is 0 Å². The van der Waals surface area contributed by atoms with E-state index >= 15 is 0 Å². The highest BCUT2D eigenvalue weighted by Gasteiger charge is 2.89. The van der Waals surface area contributed by atoms with Crippen LogP contribution in [0.2, 0.25) is 0 Å². The second kappa shape index (κ2) is 13.1. The van der Waals surface area contributed by atoms with Crippen LogP contribution in [0.3, 0.4) is 0 Å². The summed E-state index contributed by atoms with van der Waals surface area (Å²) in [6.07, 6.45) is -42.1. The van der Waals surface area contributed by atoms with E-state index in [4.69, 9.17) is 4.89 Å². The molecule has 0 bridgehead atoms. The van der Waals surface area contributed by atoms with Gasteiger partial charge in [-0.1, -0.05) is 0 Å². The summed E-state index contributed by atoms with van der Waals surface area (Å²) in [7, 11) is -8.81. The van der Waals surface area contributed by atoms with Crippen LogP contribution in [0.1, 0.15) is 25.7 Å². The first-order valence-electron chi connectivity index (χ1n) is 10.5. The van der Waals surface area contributed by atoms with Gasteiger partial charge in [0.25, 0.3) is 0 Å². The Kier molecular flexibility index (Phi) is 13.2. The van der Waals surface area contributed by atoms with Crippen molar-refractivity contribution < 1.29 is 133 Å². The minimum atomic E-state index is -8.81. The van der Waals surface area contributed by atoms with Crippen LogP contribution in [0.4, 0.5) is 114 Å². The van der Waals surface area contributed by atoms with Crippen molar-refractivity contribution in [3.8, 4) is 0 Å². The van der Waals surface area contributed by atoms with Crippen LogP contribution in [0.5, 0.6) is 0 Å². The van der Waals surface area contributed by atoms with E-state index in [-0.39, 0.29) is 6.15 Å². The van der Waals surface area contributed by atoms with Gasteiger partial charge in [0, 0.05) is 25.7 Å². The zero-order valence-electron chi connectivity index (χ0n) is 21.5. The van der Waals surface area contributed by atoms with Crippen molar-refractivity contribution in [2.24, 2.45) is 0 Å². The predicted molar refractivity (Wildman–Crippen MR) is 97.1 cm³/mol. The standard InChI is InChI=1S/C16H9F26O4P.H3N/c17-5(18,1-3-7(21,22)23)9(27,28)11(31,32)13(35,36)15(39,40)45-47(43,44)46-16(41,42)14(37,38)12(33,34)10(29,30)6(19,20)2-4-8(24,25)26;/h1-4H2,(H,43,44);1H3. The van der Waals surface area contributed by atoms with E-state index in [2.05, 4.69) is 0 Å². The lowest BCUT2D eigenvalue weighted by atomic mass is 9.95. The third-order valence-corrected chi connectivity index (χ3v) is 6.05. The van der Waals surface area contributed by atoms with Gasteiger partial charge in [0.2, 0.25) is 0 Å². The lowest BCUT2D eigenvalue weighted by molar-refractivity contribution is -0.443. The molecule has 0 rings (SSSR count). The lowest BCUT2D eigenvalue weighted by Gasteiger charge is -2.40. The second-order valence-electron chi connectivity index (χ2n) is 8.77. The van der Waals surface area contributed by atoms with Gasteiger partial charge < -0.3 is 11.0 Å². The van der Waals surface area contributed by atoms with Gasteiger partial charge in [0.1, 0.15) is 0 Å². The summed E-state index contributed by atoms with van der Waals surface area (Å²) in [6, 6.07) is 0. The molecule has 0 unspecified atom stereocenters. The SMILES string of the molecule is N.O=P(O)(OC(F)(F)C(F)(F)C(F)(F)C(F)(F)C(F)(F)CCC(F)(F)F)OC(F)(F)C(F)(F)C(F)(F)C(F)(F)C(F)(F)CCC(F)(F)F. The molecule has 0 saturated carbocycles. The van der Waals surface area contributed by atoms with Crippen molar-refractivity contribution in [3.05, 3.63) is 0 Å². The van der Waals surface area contributed by atoms with Crippen LogP contribution in [-0.2, 0) is 13.6 Å². The molecule has 32 heteroatoms. The number of phosphoric ester groups is 1. The van der Waals surface area contributed by atoms with Crippen LogP contribution in [-0.4, -0.2) is 76.8 Å². The fourth-order valence-corrected chi connectivity index (χ4v) is 3.40. The lowest BCUT2D eigenvalue weighted by Crippen LogP contribution is -2.68. The Bertz CT molecular complexity index is 1060. The van der Waals surface area contributed by atoms with E-state index < -0.39 is 105 Å². The Morgan fingerprint density at radius 3 is 0.771 bits per heavy atom. The van der Waals surface area contributed by atoms with Gasteiger partial charge in [0.15, 0.2) is 0 Å². The largest absolute Gasteiger partial charge is 0.482 e. The van der Waals surface area contributed by atoms with Gasteiger partial charge in [-0.05, 0) is 0 Å². The molecule has 5 nitrogen and oxygen atoms in total. The molecule has 0 fully saturated rings. The van der Waals surface area contributed by atoms with Gasteiger partial charge in [-0.15, -0.1) is 0 Å². The van der Waals surface area contributed by atoms with E-state index in [0.717, 1.165) is 0 Å². The Hall–Kier alpha value is -1.75. The number of alkyl halides is 26. The molecule has 48 heavy (non-hydrogen) atoms. The van der Waals surface area contributed by atoms with Gasteiger partial charge in [0.05, 0.1) is 0 Å². The smallest absolute Gasteiger partial charge is 0.344 e. The Morgan fingerprint density at radius 2 is 0.583 bits per heavy atom. The summed E-state index contributed by atoms with van der Waals surface area (Å²) in [5, 5.41) is 0. The van der Waals surface area contributed by atoms with Crippen molar-refractivity contribution in [1.29, 1.82) is 0 Å². The molecule has 0 radical (unpaired) electrons. The minimum absolute atomic E-state index is 0. The zero-order valence-corrected chi connectivity index (χ0v) is 22.4. The highest BCUT2D eigenvalue weighted by atomic mass is 31.2. The monoisotopic (exact) mass is 807 g/mol. The van der Waals surface area contributed by atoms with Gasteiger partial charge in [-0.25, -0.2) is 13.6 Å². The topological polar surface area (TPSA) is 90.8 Å². The normalized spacial score (nSPS) is 16.2. The third kappa shape index (κ3) is 8.93. The first kappa shape index (κ1) is 48.4. The van der Waals surface area contributed by atoms with Crippen LogP contribution in [0.25, 0.3) is 0 Å². The van der Waals surface area contributed by atoms with Crippen LogP contribution in [0.15, 0.2) is 0 Å². The number of phosphoric acid groups is 1. The summed E-state index contributed by atoms with van der Waals surface area (Å²) >= 11 is 0.